The van der Waals surface area contributed by atoms with Crippen LogP contribution in [0.2, 0.25) is 0 Å². The van der Waals surface area contributed by atoms with Gasteiger partial charge >= 0.3 is 11.6 Å². The first kappa shape index (κ1) is 19.9. The van der Waals surface area contributed by atoms with Gasteiger partial charge in [-0.25, -0.2) is 28.6 Å². The van der Waals surface area contributed by atoms with Gasteiger partial charge in [0.05, 0.1) is 36.7 Å². The van der Waals surface area contributed by atoms with Gasteiger partial charge in [-0.05, 0) is 6.07 Å². The van der Waals surface area contributed by atoms with Crippen molar-refractivity contribution in [3.05, 3.63) is 61.5 Å². The monoisotopic (exact) mass is 430 g/mol. The fraction of sp³-hybridized carbons (Fsp3) is 0.235. The summed E-state index contributed by atoms with van der Waals surface area (Å²) in [7, 11) is 0. The molecule has 1 aliphatic rings. The quantitative estimate of drug-likeness (QED) is 0.487. The van der Waals surface area contributed by atoms with Crippen molar-refractivity contribution in [2.45, 2.75) is 12.0 Å². The summed E-state index contributed by atoms with van der Waals surface area (Å²) in [6, 6.07) is 2.92. The van der Waals surface area contributed by atoms with Crippen LogP contribution in [0.1, 0.15) is 5.69 Å². The molecule has 1 saturated heterocycles. The van der Waals surface area contributed by atoms with Crippen molar-refractivity contribution in [3.63, 3.8) is 0 Å². The highest BCUT2D eigenvalue weighted by molar-refractivity contribution is 5.62. The molecule has 0 amide bonds. The van der Waals surface area contributed by atoms with E-state index in [0.29, 0.717) is 0 Å². The lowest BCUT2D eigenvalue weighted by Crippen LogP contribution is -2.36. The molecule has 0 bridgehead atoms. The van der Waals surface area contributed by atoms with Crippen molar-refractivity contribution in [1.29, 1.82) is 5.26 Å². The highest BCUT2D eigenvalue weighted by atomic mass is 19.3. The second-order valence-corrected chi connectivity index (χ2v) is 6.55. The molecule has 4 rings (SSSR count). The Hall–Kier alpha value is -4.41. The summed E-state index contributed by atoms with van der Waals surface area (Å²) in [5.41, 5.74) is -2.50. The van der Waals surface area contributed by atoms with Crippen LogP contribution in [0.4, 0.5) is 14.5 Å². The summed E-state index contributed by atoms with van der Waals surface area (Å²) in [6.07, 6.45) is 1.58. The molecule has 12 nitrogen and oxygen atoms in total. The number of nitrogens with zero attached hydrogens (tertiary/aromatic N) is 5. The zero-order valence-corrected chi connectivity index (χ0v) is 15.4. The highest BCUT2D eigenvalue weighted by Gasteiger charge is 2.51. The van der Waals surface area contributed by atoms with Crippen molar-refractivity contribution < 1.29 is 13.5 Å². The molecule has 3 aromatic rings. The Labute approximate surface area is 170 Å². The van der Waals surface area contributed by atoms with Gasteiger partial charge in [-0.1, -0.05) is 0 Å². The molecule has 158 valence electrons. The first-order valence-electron chi connectivity index (χ1n) is 8.70. The summed E-state index contributed by atoms with van der Waals surface area (Å²) < 4.78 is 34.3. The Morgan fingerprint density at radius 3 is 2.71 bits per heavy atom. The maximum absolute atomic E-state index is 14.5. The molecule has 0 radical (unpaired) electrons. The third-order valence-corrected chi connectivity index (χ3v) is 4.48. The Morgan fingerprint density at radius 1 is 1.23 bits per heavy atom. The van der Waals surface area contributed by atoms with Gasteiger partial charge in [-0.3, -0.25) is 14.6 Å². The van der Waals surface area contributed by atoms with Crippen molar-refractivity contribution in [1.82, 2.24) is 30.1 Å². The molecule has 0 aliphatic carbocycles. The number of halogens is 2. The Bertz CT molecular complexity index is 1340. The lowest BCUT2D eigenvalue weighted by atomic mass is 10.2. The van der Waals surface area contributed by atoms with Crippen LogP contribution >= 0.6 is 0 Å². The fourth-order valence-corrected chi connectivity index (χ4v) is 3.01. The maximum Gasteiger partial charge on any atom is 0.325 e. The van der Waals surface area contributed by atoms with E-state index in [1.54, 1.807) is 6.07 Å². The van der Waals surface area contributed by atoms with E-state index in [0.717, 1.165) is 23.5 Å². The third-order valence-electron chi connectivity index (χ3n) is 4.48. The van der Waals surface area contributed by atoms with Gasteiger partial charge in [0, 0.05) is 6.20 Å². The zero-order valence-electron chi connectivity index (χ0n) is 15.4. The minimum absolute atomic E-state index is 0.000233. The summed E-state index contributed by atoms with van der Waals surface area (Å²) in [4.78, 5) is 48.2. The van der Waals surface area contributed by atoms with Crippen molar-refractivity contribution in [3.8, 4) is 23.2 Å². The predicted molar refractivity (Wildman–Crippen MR) is 99.9 cm³/mol. The molecule has 1 atom stereocenters. The van der Waals surface area contributed by atoms with E-state index < -0.39 is 35.4 Å². The van der Waals surface area contributed by atoms with E-state index in [-0.39, 0.29) is 35.1 Å². The van der Waals surface area contributed by atoms with Crippen LogP contribution in [0.15, 0.2) is 39.0 Å². The molecule has 31 heavy (non-hydrogen) atoms. The van der Waals surface area contributed by atoms with Crippen LogP contribution in [0.3, 0.4) is 0 Å². The van der Waals surface area contributed by atoms with E-state index in [1.165, 1.54) is 6.07 Å². The number of rotatable bonds is 4. The van der Waals surface area contributed by atoms with Gasteiger partial charge in [0.15, 0.2) is 11.8 Å². The number of aromatic amines is 3. The molecule has 14 heteroatoms. The van der Waals surface area contributed by atoms with Crippen LogP contribution < -0.4 is 26.4 Å². The van der Waals surface area contributed by atoms with E-state index in [1.807, 2.05) is 4.98 Å². The van der Waals surface area contributed by atoms with Crippen molar-refractivity contribution >= 4 is 5.69 Å². The molecule has 1 aliphatic heterocycles. The molecule has 3 aromatic heterocycles. The number of hydrogen-bond acceptors (Lipinski definition) is 9. The maximum atomic E-state index is 14.5. The molecular formula is C17H12F2N8O4. The van der Waals surface area contributed by atoms with Gasteiger partial charge in [-0.15, -0.1) is 0 Å². The zero-order chi connectivity index (χ0) is 22.2. The number of anilines is 1. The van der Waals surface area contributed by atoms with Gasteiger partial charge < -0.3 is 14.6 Å². The summed E-state index contributed by atoms with van der Waals surface area (Å²) in [5, 5.41) is 14.6. The minimum Gasteiger partial charge on any atom is -0.465 e. The summed E-state index contributed by atoms with van der Waals surface area (Å²) in [5.74, 6) is -3.55. The summed E-state index contributed by atoms with van der Waals surface area (Å²) in [6.45, 7) is -1.21. The summed E-state index contributed by atoms with van der Waals surface area (Å²) >= 11 is 0. The third kappa shape index (κ3) is 3.88. The molecule has 0 saturated carbocycles. The fourth-order valence-electron chi connectivity index (χ4n) is 3.01. The molecule has 3 N–H and O–H groups in total. The molecular weight excluding hydrogens is 418 g/mol. The number of hydrogen-bond donors (Lipinski definition) is 3. The van der Waals surface area contributed by atoms with Gasteiger partial charge in [0.2, 0.25) is 5.88 Å². The van der Waals surface area contributed by atoms with Gasteiger partial charge in [0.1, 0.15) is 11.8 Å². The molecule has 0 aromatic carbocycles. The first-order chi connectivity index (χ1) is 14.8. The SMILES string of the molecule is N#Cc1cnc(OC2CN(c3cc(-c4c[nH]c(=O)[nH]c4=O)n[nH]c3=O)CC2(F)F)cn1. The van der Waals surface area contributed by atoms with E-state index in [2.05, 4.69) is 25.1 Å². The van der Waals surface area contributed by atoms with Crippen LogP contribution in [-0.2, 0) is 0 Å². The molecule has 0 spiro atoms. The standard InChI is InChI=1S/C17H12F2N8O4/c18-17(19)7-27(6-12(17)31-13-5-21-8(2-20)3-22-13)11-1-10(25-26-15(11)29)9-4-23-16(30)24-14(9)28/h1,3-5,12H,6-7H2,(H,26,29)(H2,23,24,28,30). The number of H-pyrrole nitrogens is 3. The van der Waals surface area contributed by atoms with Crippen molar-refractivity contribution in [2.75, 3.05) is 18.0 Å². The average Bonchev–Trinajstić information content (AvgIpc) is 3.03. The Morgan fingerprint density at radius 2 is 2.03 bits per heavy atom. The topological polar surface area (TPSA) is 174 Å². The van der Waals surface area contributed by atoms with E-state index in [4.69, 9.17) is 10.00 Å². The minimum atomic E-state index is -3.35. The highest BCUT2D eigenvalue weighted by Crippen LogP contribution is 2.33. The number of nitrogens with one attached hydrogen (secondary N) is 3. The number of alkyl halides is 2. The van der Waals surface area contributed by atoms with Gasteiger partial charge in [0.25, 0.3) is 11.1 Å². The normalized spacial score (nSPS) is 17.3. The van der Waals surface area contributed by atoms with Crippen molar-refractivity contribution in [2.24, 2.45) is 0 Å². The Kier molecular flexibility index (Phi) is 4.78. The van der Waals surface area contributed by atoms with Crippen LogP contribution in [0.25, 0.3) is 11.3 Å². The smallest absolute Gasteiger partial charge is 0.325 e. The first-order valence-corrected chi connectivity index (χ1v) is 8.70. The Balaban J connectivity index is 1.62. The second-order valence-electron chi connectivity index (χ2n) is 6.55. The average molecular weight is 430 g/mol. The van der Waals surface area contributed by atoms with E-state index in [9.17, 15) is 23.2 Å². The molecule has 1 unspecified atom stereocenters. The number of nitriles is 1. The van der Waals surface area contributed by atoms with E-state index >= 15 is 0 Å². The van der Waals surface area contributed by atoms with Crippen LogP contribution in [0.5, 0.6) is 5.88 Å². The van der Waals surface area contributed by atoms with Gasteiger partial charge in [-0.2, -0.15) is 10.4 Å². The van der Waals surface area contributed by atoms with Crippen LogP contribution in [0, 0.1) is 11.3 Å². The van der Waals surface area contributed by atoms with Crippen LogP contribution in [-0.4, -0.2) is 55.2 Å². The second kappa shape index (κ2) is 7.44. The molecule has 1 fully saturated rings. The molecule has 4 heterocycles. The number of ether oxygens (including phenoxy) is 1. The lowest BCUT2D eigenvalue weighted by Gasteiger charge is -2.17. The number of aromatic nitrogens is 6. The predicted octanol–water partition coefficient (Wildman–Crippen LogP) is -0.622. The largest absolute Gasteiger partial charge is 0.465 e. The lowest BCUT2D eigenvalue weighted by molar-refractivity contribution is -0.0610.